The lowest BCUT2D eigenvalue weighted by Gasteiger charge is -2.18. The second kappa shape index (κ2) is 12.5. The van der Waals surface area contributed by atoms with E-state index in [1.165, 1.54) is 0 Å². The van der Waals surface area contributed by atoms with Crippen molar-refractivity contribution in [3.63, 3.8) is 0 Å². The van der Waals surface area contributed by atoms with Crippen molar-refractivity contribution >= 4 is 22.6 Å². The molecule has 0 radical (unpaired) electrons. The Hall–Kier alpha value is 0.0300. The molecule has 0 amide bonds. The molecule has 0 fully saturated rings. The van der Waals surface area contributed by atoms with Gasteiger partial charge < -0.3 is 0 Å². The molecule has 0 spiro atoms. The van der Waals surface area contributed by atoms with Gasteiger partial charge in [-0.3, -0.25) is 0 Å². The average Bonchev–Trinajstić information content (AvgIpc) is 2.46. The first kappa shape index (κ1) is 28.2. The standard InChI is InChI=1S/C8H13F5.C7H10F5I/c1-2-3-4-5-6-7(9,10)8(11,12)13;8-6(9,7(10,11)12)4-2-1-3-5-13/h2-6H2,1H3;1-5H2. The van der Waals surface area contributed by atoms with Gasteiger partial charge in [0.2, 0.25) is 0 Å². The molecule has 26 heavy (non-hydrogen) atoms. The second-order valence-corrected chi connectivity index (χ2v) is 6.79. The Morgan fingerprint density at radius 2 is 0.885 bits per heavy atom. The van der Waals surface area contributed by atoms with E-state index in [4.69, 9.17) is 0 Å². The van der Waals surface area contributed by atoms with Crippen molar-refractivity contribution in [2.45, 2.75) is 88.9 Å². The lowest BCUT2D eigenvalue weighted by molar-refractivity contribution is -0.284. The first-order valence-electron chi connectivity index (χ1n) is 8.07. The number of halogens is 11. The van der Waals surface area contributed by atoms with Crippen LogP contribution in [0, 0.1) is 0 Å². The molecule has 0 aromatic heterocycles. The van der Waals surface area contributed by atoms with E-state index < -0.39 is 37.0 Å². The van der Waals surface area contributed by atoms with E-state index in [9.17, 15) is 43.9 Å². The van der Waals surface area contributed by atoms with Gasteiger partial charge in [-0.25, -0.2) is 0 Å². The van der Waals surface area contributed by atoms with E-state index in [-0.39, 0.29) is 12.8 Å². The maximum atomic E-state index is 12.2. The number of hydrogen-bond donors (Lipinski definition) is 0. The first-order valence-corrected chi connectivity index (χ1v) is 9.60. The van der Waals surface area contributed by atoms with Gasteiger partial charge >= 0.3 is 24.2 Å². The van der Waals surface area contributed by atoms with E-state index in [0.717, 1.165) is 10.8 Å². The molecule has 0 atom stereocenters. The van der Waals surface area contributed by atoms with Gasteiger partial charge in [-0.1, -0.05) is 55.2 Å². The highest BCUT2D eigenvalue weighted by Gasteiger charge is 2.57. The largest absolute Gasteiger partial charge is 0.453 e. The Labute approximate surface area is 160 Å². The molecule has 0 saturated carbocycles. The lowest BCUT2D eigenvalue weighted by atomic mass is 10.1. The van der Waals surface area contributed by atoms with Crippen LogP contribution in [-0.2, 0) is 0 Å². The van der Waals surface area contributed by atoms with Gasteiger partial charge in [-0.2, -0.15) is 43.9 Å². The molecule has 0 aromatic rings. The van der Waals surface area contributed by atoms with Crippen LogP contribution in [0.5, 0.6) is 0 Å². The molecular formula is C15H23F10I. The molecule has 0 N–H and O–H groups in total. The highest BCUT2D eigenvalue weighted by atomic mass is 127. The highest BCUT2D eigenvalue weighted by molar-refractivity contribution is 14.1. The summed E-state index contributed by atoms with van der Waals surface area (Å²) in [5, 5.41) is 0. The summed E-state index contributed by atoms with van der Waals surface area (Å²) in [6.07, 6.45) is -10.0. The summed E-state index contributed by atoms with van der Waals surface area (Å²) in [4.78, 5) is 0. The van der Waals surface area contributed by atoms with E-state index in [2.05, 4.69) is 22.6 Å². The molecule has 11 heteroatoms. The molecule has 0 aliphatic heterocycles. The average molecular weight is 520 g/mol. The zero-order valence-electron chi connectivity index (χ0n) is 14.2. The van der Waals surface area contributed by atoms with Gasteiger partial charge in [0.1, 0.15) is 0 Å². The van der Waals surface area contributed by atoms with E-state index in [1.807, 2.05) is 6.92 Å². The topological polar surface area (TPSA) is 0 Å². The summed E-state index contributed by atoms with van der Waals surface area (Å²) in [6, 6.07) is 0. The number of unbranched alkanes of at least 4 members (excludes halogenated alkanes) is 5. The lowest BCUT2D eigenvalue weighted by Crippen LogP contribution is -2.36. The molecule has 0 aliphatic rings. The Bertz CT molecular complexity index is 315. The Balaban J connectivity index is 0. The van der Waals surface area contributed by atoms with Crippen LogP contribution in [0.1, 0.15) is 64.7 Å². The predicted octanol–water partition coefficient (Wildman–Crippen LogP) is 8.33. The minimum atomic E-state index is -5.39. The van der Waals surface area contributed by atoms with Crippen molar-refractivity contribution in [2.24, 2.45) is 0 Å². The van der Waals surface area contributed by atoms with Gasteiger partial charge in [0, 0.05) is 12.8 Å². The van der Waals surface area contributed by atoms with E-state index in [1.54, 1.807) is 0 Å². The van der Waals surface area contributed by atoms with Crippen molar-refractivity contribution in [2.75, 3.05) is 4.43 Å². The van der Waals surface area contributed by atoms with Crippen LogP contribution in [-0.4, -0.2) is 28.6 Å². The molecule has 0 heterocycles. The van der Waals surface area contributed by atoms with Crippen LogP contribution in [0.2, 0.25) is 0 Å². The Kier molecular flexibility index (Phi) is 13.6. The van der Waals surface area contributed by atoms with Crippen LogP contribution in [0.25, 0.3) is 0 Å². The minimum absolute atomic E-state index is 0.0691. The van der Waals surface area contributed by atoms with Gasteiger partial charge in [0.25, 0.3) is 0 Å². The molecule has 0 aromatic carbocycles. The summed E-state index contributed by atoms with van der Waals surface area (Å²) in [6.45, 7) is 1.86. The predicted molar refractivity (Wildman–Crippen MR) is 88.1 cm³/mol. The summed E-state index contributed by atoms with van der Waals surface area (Å²) in [5.41, 5.74) is 0. The maximum absolute atomic E-state index is 12.2. The normalized spacial score (nSPS) is 13.4. The summed E-state index contributed by atoms with van der Waals surface area (Å²) in [7, 11) is 0. The van der Waals surface area contributed by atoms with E-state index in [0.29, 0.717) is 25.7 Å². The van der Waals surface area contributed by atoms with E-state index >= 15 is 0 Å². The molecule has 0 unspecified atom stereocenters. The number of rotatable bonds is 10. The third-order valence-electron chi connectivity index (χ3n) is 3.30. The monoisotopic (exact) mass is 520 g/mol. The fraction of sp³-hybridized carbons (Fsp3) is 1.00. The second-order valence-electron chi connectivity index (χ2n) is 5.71. The molecule has 0 rings (SSSR count). The zero-order valence-corrected chi connectivity index (χ0v) is 16.4. The van der Waals surface area contributed by atoms with Crippen molar-refractivity contribution in [3.05, 3.63) is 0 Å². The van der Waals surface area contributed by atoms with Gasteiger partial charge in [0.15, 0.2) is 0 Å². The summed E-state index contributed by atoms with van der Waals surface area (Å²) in [5.74, 6) is -9.03. The van der Waals surface area contributed by atoms with Crippen molar-refractivity contribution < 1.29 is 43.9 Å². The van der Waals surface area contributed by atoms with Gasteiger partial charge in [-0.05, 0) is 23.7 Å². The smallest absolute Gasteiger partial charge is 0.196 e. The quantitative estimate of drug-likeness (QED) is 0.118. The van der Waals surface area contributed by atoms with Gasteiger partial charge in [0.05, 0.1) is 0 Å². The van der Waals surface area contributed by atoms with Crippen LogP contribution in [0.15, 0.2) is 0 Å². The third-order valence-corrected chi connectivity index (χ3v) is 4.06. The number of hydrogen-bond acceptors (Lipinski definition) is 0. The fourth-order valence-electron chi connectivity index (χ4n) is 1.68. The minimum Gasteiger partial charge on any atom is -0.196 e. The Morgan fingerprint density at radius 1 is 0.538 bits per heavy atom. The SMILES string of the molecule is CCCCCCC(F)(F)C(F)(F)F.FC(F)(F)C(F)(F)CCCCCI. The van der Waals surface area contributed by atoms with Gasteiger partial charge in [-0.15, -0.1) is 0 Å². The molecule has 160 valence electrons. The molecular weight excluding hydrogens is 497 g/mol. The molecule has 0 nitrogen and oxygen atoms in total. The Morgan fingerprint density at radius 3 is 1.15 bits per heavy atom. The molecule has 0 saturated heterocycles. The summed E-state index contributed by atoms with van der Waals surface area (Å²) >= 11 is 2.05. The molecule has 0 bridgehead atoms. The van der Waals surface area contributed by atoms with Crippen LogP contribution in [0.3, 0.4) is 0 Å². The van der Waals surface area contributed by atoms with Crippen LogP contribution >= 0.6 is 22.6 Å². The maximum Gasteiger partial charge on any atom is 0.453 e. The first-order chi connectivity index (χ1) is 11.6. The third kappa shape index (κ3) is 12.4. The van der Waals surface area contributed by atoms with Crippen LogP contribution < -0.4 is 0 Å². The van der Waals surface area contributed by atoms with Crippen molar-refractivity contribution in [3.8, 4) is 0 Å². The zero-order chi connectivity index (χ0) is 21.1. The van der Waals surface area contributed by atoms with Crippen LogP contribution in [0.4, 0.5) is 43.9 Å². The van der Waals surface area contributed by atoms with Crippen molar-refractivity contribution in [1.82, 2.24) is 0 Å². The molecule has 0 aliphatic carbocycles. The fourth-order valence-corrected chi connectivity index (χ4v) is 2.21. The highest BCUT2D eigenvalue weighted by Crippen LogP contribution is 2.40. The van der Waals surface area contributed by atoms with Crippen molar-refractivity contribution in [1.29, 1.82) is 0 Å². The number of alkyl halides is 11. The summed E-state index contributed by atoms with van der Waals surface area (Å²) < 4.78 is 119.